The maximum absolute atomic E-state index is 11.4. The van der Waals surface area contributed by atoms with Crippen molar-refractivity contribution in [2.75, 3.05) is 11.9 Å². The smallest absolute Gasteiger partial charge is 0.224 e. The normalized spacial score (nSPS) is 13.5. The highest BCUT2D eigenvalue weighted by atomic mass is 16.2. The number of fused-ring (bicyclic) bond motifs is 1. The topological polar surface area (TPSA) is 38.1 Å². The summed E-state index contributed by atoms with van der Waals surface area (Å²) in [5.74, 6) is 1.03. The van der Waals surface area contributed by atoms with Crippen LogP contribution in [0.15, 0.2) is 0 Å². The average Bonchev–Trinajstić information content (AvgIpc) is 2.66. The van der Waals surface area contributed by atoms with Crippen molar-refractivity contribution >= 4 is 11.7 Å². The predicted molar refractivity (Wildman–Crippen MR) is 70.3 cm³/mol. The summed E-state index contributed by atoms with van der Waals surface area (Å²) in [7, 11) is 3.72. The van der Waals surface area contributed by atoms with Gasteiger partial charge in [-0.25, -0.2) is 0 Å². The van der Waals surface area contributed by atoms with Crippen LogP contribution >= 0.6 is 0 Å². The minimum atomic E-state index is 0.0615. The molecule has 1 amide bonds. The summed E-state index contributed by atoms with van der Waals surface area (Å²) < 4.78 is 1.83. The first-order valence-electron chi connectivity index (χ1n) is 6.40. The van der Waals surface area contributed by atoms with E-state index in [0.717, 1.165) is 18.7 Å². The lowest BCUT2D eigenvalue weighted by Crippen LogP contribution is -2.26. The van der Waals surface area contributed by atoms with E-state index < -0.39 is 0 Å². The van der Waals surface area contributed by atoms with Gasteiger partial charge < -0.3 is 4.90 Å². The molecule has 1 aliphatic carbocycles. The van der Waals surface area contributed by atoms with E-state index in [0.29, 0.717) is 0 Å². The number of nitrogens with zero attached hydrogens (tertiary/aromatic N) is 3. The van der Waals surface area contributed by atoms with Gasteiger partial charge in [0.1, 0.15) is 5.82 Å². The molecule has 1 aliphatic rings. The van der Waals surface area contributed by atoms with Crippen LogP contribution in [0.3, 0.4) is 0 Å². The van der Waals surface area contributed by atoms with Crippen LogP contribution in [0, 0.1) is 0 Å². The van der Waals surface area contributed by atoms with E-state index >= 15 is 0 Å². The summed E-state index contributed by atoms with van der Waals surface area (Å²) in [6.07, 6.45) is 4.52. The van der Waals surface area contributed by atoms with E-state index in [4.69, 9.17) is 0 Å². The second-order valence-electron chi connectivity index (χ2n) is 4.16. The van der Waals surface area contributed by atoms with E-state index in [1.54, 1.807) is 11.8 Å². The van der Waals surface area contributed by atoms with Gasteiger partial charge in [-0.1, -0.05) is 13.8 Å². The molecule has 0 radical (unpaired) electrons. The zero-order valence-corrected chi connectivity index (χ0v) is 11.6. The summed E-state index contributed by atoms with van der Waals surface area (Å²) in [6.45, 7) is 5.59. The van der Waals surface area contributed by atoms with Crippen LogP contribution in [0.1, 0.15) is 44.9 Å². The summed E-state index contributed by atoms with van der Waals surface area (Å²) >= 11 is 0. The second kappa shape index (κ2) is 5.84. The van der Waals surface area contributed by atoms with Gasteiger partial charge >= 0.3 is 0 Å². The van der Waals surface area contributed by atoms with Gasteiger partial charge in [0.2, 0.25) is 5.91 Å². The number of aromatic nitrogens is 2. The van der Waals surface area contributed by atoms with Crippen LogP contribution in [-0.2, 0) is 24.7 Å². The molecule has 96 valence electrons. The SMILES string of the molecule is CC.CC(=O)N(C)c1c2c(nn1C)CCCC2. The molecule has 0 N–H and O–H groups in total. The largest absolute Gasteiger partial charge is 0.300 e. The highest BCUT2D eigenvalue weighted by Gasteiger charge is 2.22. The molecule has 0 fully saturated rings. The van der Waals surface area contributed by atoms with Gasteiger partial charge in [0.05, 0.1) is 5.69 Å². The number of hydrogen-bond donors (Lipinski definition) is 0. The second-order valence-corrected chi connectivity index (χ2v) is 4.16. The lowest BCUT2D eigenvalue weighted by molar-refractivity contribution is -0.116. The van der Waals surface area contributed by atoms with Gasteiger partial charge in [-0.3, -0.25) is 9.48 Å². The maximum atomic E-state index is 11.4. The Bertz CT molecular complexity index is 396. The Labute approximate surface area is 104 Å². The quantitative estimate of drug-likeness (QED) is 0.751. The van der Waals surface area contributed by atoms with Crippen molar-refractivity contribution in [3.05, 3.63) is 11.3 Å². The third kappa shape index (κ3) is 2.68. The van der Waals surface area contributed by atoms with E-state index in [9.17, 15) is 4.79 Å². The van der Waals surface area contributed by atoms with E-state index in [-0.39, 0.29) is 5.91 Å². The van der Waals surface area contributed by atoms with Crippen molar-refractivity contribution in [3.63, 3.8) is 0 Å². The van der Waals surface area contributed by atoms with Crippen molar-refractivity contribution in [3.8, 4) is 0 Å². The lowest BCUT2D eigenvalue weighted by Gasteiger charge is -2.18. The van der Waals surface area contributed by atoms with Crippen molar-refractivity contribution in [1.82, 2.24) is 9.78 Å². The Morgan fingerprint density at radius 3 is 2.47 bits per heavy atom. The molecule has 2 rings (SSSR count). The van der Waals surface area contributed by atoms with E-state index in [1.165, 1.54) is 24.1 Å². The molecule has 0 aliphatic heterocycles. The summed E-state index contributed by atoms with van der Waals surface area (Å²) in [6, 6.07) is 0. The average molecular weight is 237 g/mol. The molecule has 0 saturated carbocycles. The number of carbonyl (C=O) groups excluding carboxylic acids is 1. The minimum absolute atomic E-state index is 0.0615. The molecule has 1 aromatic heterocycles. The van der Waals surface area contributed by atoms with Crippen molar-refractivity contribution in [1.29, 1.82) is 0 Å². The van der Waals surface area contributed by atoms with Gasteiger partial charge in [-0.2, -0.15) is 5.10 Å². The molecule has 0 aromatic carbocycles. The number of rotatable bonds is 1. The first kappa shape index (κ1) is 13.7. The molecule has 0 atom stereocenters. The zero-order valence-electron chi connectivity index (χ0n) is 11.6. The molecular formula is C13H23N3O. The Kier molecular flexibility index (Phi) is 4.73. The van der Waals surface area contributed by atoms with Gasteiger partial charge in [0.25, 0.3) is 0 Å². The fraction of sp³-hybridized carbons (Fsp3) is 0.692. The third-order valence-electron chi connectivity index (χ3n) is 3.08. The van der Waals surface area contributed by atoms with Gasteiger partial charge in [-0.05, 0) is 25.7 Å². The van der Waals surface area contributed by atoms with Gasteiger partial charge in [-0.15, -0.1) is 0 Å². The molecule has 1 aromatic rings. The standard InChI is InChI=1S/C11H17N3O.C2H6/c1-8(15)13(2)11-9-6-4-5-7-10(9)12-14(11)3;1-2/h4-7H2,1-3H3;1-2H3. The molecular weight excluding hydrogens is 214 g/mol. The van der Waals surface area contributed by atoms with Crippen LogP contribution in [0.2, 0.25) is 0 Å². The summed E-state index contributed by atoms with van der Waals surface area (Å²) in [4.78, 5) is 13.1. The minimum Gasteiger partial charge on any atom is -0.300 e. The van der Waals surface area contributed by atoms with Gasteiger partial charge in [0, 0.05) is 26.6 Å². The molecule has 4 nitrogen and oxygen atoms in total. The highest BCUT2D eigenvalue weighted by Crippen LogP contribution is 2.29. The Balaban J connectivity index is 0.000000686. The molecule has 0 spiro atoms. The van der Waals surface area contributed by atoms with Gasteiger partial charge in [0.15, 0.2) is 0 Å². The summed E-state index contributed by atoms with van der Waals surface area (Å²) in [5.41, 5.74) is 2.44. The van der Waals surface area contributed by atoms with Crippen LogP contribution < -0.4 is 4.90 Å². The van der Waals surface area contributed by atoms with Crippen LogP contribution in [0.25, 0.3) is 0 Å². The zero-order chi connectivity index (χ0) is 13.0. The molecule has 0 saturated heterocycles. The Morgan fingerprint density at radius 1 is 1.29 bits per heavy atom. The van der Waals surface area contributed by atoms with Crippen LogP contribution in [-0.4, -0.2) is 22.7 Å². The first-order chi connectivity index (χ1) is 8.11. The van der Waals surface area contributed by atoms with Crippen LogP contribution in [0.4, 0.5) is 5.82 Å². The number of amides is 1. The molecule has 4 heteroatoms. The number of anilines is 1. The first-order valence-corrected chi connectivity index (χ1v) is 6.40. The predicted octanol–water partition coefficient (Wildman–Crippen LogP) is 2.31. The fourth-order valence-corrected chi connectivity index (χ4v) is 2.23. The van der Waals surface area contributed by atoms with Crippen LogP contribution in [0.5, 0.6) is 0 Å². The van der Waals surface area contributed by atoms with Crippen molar-refractivity contribution < 1.29 is 4.79 Å². The number of carbonyl (C=O) groups is 1. The monoisotopic (exact) mass is 237 g/mol. The highest BCUT2D eigenvalue weighted by molar-refractivity contribution is 5.90. The van der Waals surface area contributed by atoms with E-state index in [2.05, 4.69) is 5.10 Å². The van der Waals surface area contributed by atoms with E-state index in [1.807, 2.05) is 32.6 Å². The Morgan fingerprint density at radius 2 is 1.88 bits per heavy atom. The molecule has 0 bridgehead atoms. The third-order valence-corrected chi connectivity index (χ3v) is 3.08. The molecule has 0 unspecified atom stereocenters. The maximum Gasteiger partial charge on any atom is 0.224 e. The van der Waals surface area contributed by atoms with Crippen molar-refractivity contribution in [2.45, 2.75) is 46.5 Å². The molecule has 17 heavy (non-hydrogen) atoms. The Hall–Kier alpha value is -1.32. The fourth-order valence-electron chi connectivity index (χ4n) is 2.23. The molecule has 1 heterocycles. The number of hydrogen-bond acceptors (Lipinski definition) is 2. The number of aryl methyl sites for hydroxylation is 2. The summed E-state index contributed by atoms with van der Waals surface area (Å²) in [5, 5.41) is 4.48. The lowest BCUT2D eigenvalue weighted by atomic mass is 9.97. The van der Waals surface area contributed by atoms with Crippen molar-refractivity contribution in [2.24, 2.45) is 7.05 Å².